The third kappa shape index (κ3) is 8.11. The number of unbranched alkanes of at least 4 members (excludes halogenated alkanes) is 2. The van der Waals surface area contributed by atoms with E-state index < -0.39 is 0 Å². The fourth-order valence-corrected chi connectivity index (χ4v) is 5.28. The van der Waals surface area contributed by atoms with Gasteiger partial charge in [0.05, 0.1) is 5.52 Å². The van der Waals surface area contributed by atoms with Gasteiger partial charge in [-0.2, -0.15) is 17.6 Å². The molecule has 1 saturated heterocycles. The van der Waals surface area contributed by atoms with E-state index in [1.807, 2.05) is 11.0 Å². The second-order valence-electron chi connectivity index (χ2n) is 11.5. The normalized spacial score (nSPS) is 14.7. The minimum atomic E-state index is -0.106. The molecule has 39 heavy (non-hydrogen) atoms. The summed E-state index contributed by atoms with van der Waals surface area (Å²) in [6.07, 6.45) is 6.91. The Bertz CT molecular complexity index is 1260. The lowest BCUT2D eigenvalue weighted by molar-refractivity contribution is -0.133. The lowest BCUT2D eigenvalue weighted by Crippen LogP contribution is -2.48. The van der Waals surface area contributed by atoms with E-state index >= 15 is 0 Å². The molecule has 2 aromatic heterocycles. The molecule has 1 aliphatic heterocycles. The minimum absolute atomic E-state index is 0.106. The standard InChI is InChI=1S/C30H45N7OS/c1-5-6-7-13-32-28-27-25(33-29(31)34-28)11-14-37(27)21-24-9-8-23(19-22(24)2)20-35-15-17-36(18-16-35)26(38)10-12-30(3,4)39/h8-9,11,14,19,39H,5-7,10,12-13,15-18,20-21H2,1-4H3,(H3,31,32,33,34). The van der Waals surface area contributed by atoms with E-state index in [1.54, 1.807) is 0 Å². The first kappa shape index (κ1) is 29.2. The van der Waals surface area contributed by atoms with Crippen LogP contribution in [0.2, 0.25) is 0 Å². The van der Waals surface area contributed by atoms with Crippen LogP contribution in [-0.2, 0) is 17.9 Å². The van der Waals surface area contributed by atoms with Gasteiger partial charge < -0.3 is 20.5 Å². The van der Waals surface area contributed by atoms with Crippen LogP contribution in [0.3, 0.4) is 0 Å². The van der Waals surface area contributed by atoms with Crippen LogP contribution in [0.4, 0.5) is 11.8 Å². The Labute approximate surface area is 238 Å². The molecule has 0 spiro atoms. The van der Waals surface area contributed by atoms with Gasteiger partial charge in [-0.1, -0.05) is 51.8 Å². The maximum Gasteiger partial charge on any atom is 0.222 e. The van der Waals surface area contributed by atoms with E-state index in [0.717, 1.165) is 75.5 Å². The van der Waals surface area contributed by atoms with Gasteiger partial charge in [-0.3, -0.25) is 9.69 Å². The van der Waals surface area contributed by atoms with Crippen LogP contribution in [0.1, 0.15) is 69.6 Å². The summed E-state index contributed by atoms with van der Waals surface area (Å²) in [6, 6.07) is 8.78. The molecular formula is C30H45N7OS. The molecule has 3 N–H and O–H groups in total. The predicted octanol–water partition coefficient (Wildman–Crippen LogP) is 5.11. The first-order chi connectivity index (χ1) is 18.6. The number of aryl methyl sites for hydroxylation is 1. The summed E-state index contributed by atoms with van der Waals surface area (Å²) in [6.45, 7) is 14.4. The Morgan fingerprint density at radius 3 is 2.56 bits per heavy atom. The Morgan fingerprint density at radius 1 is 1.10 bits per heavy atom. The van der Waals surface area contributed by atoms with Crippen molar-refractivity contribution in [2.24, 2.45) is 0 Å². The second kappa shape index (κ2) is 13.0. The van der Waals surface area contributed by atoms with Gasteiger partial charge in [0.2, 0.25) is 11.9 Å². The maximum atomic E-state index is 12.6. The molecule has 4 rings (SSSR count). The van der Waals surface area contributed by atoms with Crippen molar-refractivity contribution >= 4 is 41.3 Å². The summed E-state index contributed by atoms with van der Waals surface area (Å²) >= 11 is 4.55. The monoisotopic (exact) mass is 551 g/mol. The van der Waals surface area contributed by atoms with Gasteiger partial charge in [-0.25, -0.2) is 4.98 Å². The zero-order chi connectivity index (χ0) is 28.0. The summed E-state index contributed by atoms with van der Waals surface area (Å²) < 4.78 is 2.11. The number of nitrogens with one attached hydrogen (secondary N) is 1. The van der Waals surface area contributed by atoms with Gasteiger partial charge in [0.25, 0.3) is 0 Å². The van der Waals surface area contributed by atoms with E-state index in [-0.39, 0.29) is 10.7 Å². The van der Waals surface area contributed by atoms with Gasteiger partial charge in [0, 0.05) is 63.2 Å². The number of nitrogen functional groups attached to an aromatic ring is 1. The van der Waals surface area contributed by atoms with E-state index in [1.165, 1.54) is 29.5 Å². The molecule has 9 heteroatoms. The number of nitrogens with two attached hydrogens (primary N) is 1. The van der Waals surface area contributed by atoms with Crippen molar-refractivity contribution in [2.45, 2.75) is 77.6 Å². The number of hydrogen-bond donors (Lipinski definition) is 3. The summed E-state index contributed by atoms with van der Waals surface area (Å²) in [5, 5.41) is 3.48. The van der Waals surface area contributed by atoms with Crippen LogP contribution in [0.25, 0.3) is 11.0 Å². The highest BCUT2D eigenvalue weighted by atomic mass is 32.1. The number of fused-ring (bicyclic) bond motifs is 1. The molecule has 1 aliphatic rings. The number of piperazine rings is 1. The highest BCUT2D eigenvalue weighted by molar-refractivity contribution is 7.81. The number of anilines is 2. The highest BCUT2D eigenvalue weighted by Crippen LogP contribution is 2.25. The number of hydrogen-bond acceptors (Lipinski definition) is 7. The molecule has 3 heterocycles. The average Bonchev–Trinajstić information content (AvgIpc) is 3.29. The largest absolute Gasteiger partial charge is 0.368 e. The highest BCUT2D eigenvalue weighted by Gasteiger charge is 2.23. The van der Waals surface area contributed by atoms with E-state index in [0.29, 0.717) is 12.4 Å². The Morgan fingerprint density at radius 2 is 1.87 bits per heavy atom. The molecule has 0 unspecified atom stereocenters. The first-order valence-electron chi connectivity index (χ1n) is 14.3. The summed E-state index contributed by atoms with van der Waals surface area (Å²) in [4.78, 5) is 26.0. The molecular weight excluding hydrogens is 506 g/mol. The third-order valence-electron chi connectivity index (χ3n) is 7.53. The van der Waals surface area contributed by atoms with E-state index in [4.69, 9.17) is 5.73 Å². The lowest BCUT2D eigenvalue weighted by Gasteiger charge is -2.35. The number of aromatic nitrogens is 3. The fraction of sp³-hybridized carbons (Fsp3) is 0.567. The average molecular weight is 552 g/mol. The van der Waals surface area contributed by atoms with Gasteiger partial charge in [0.1, 0.15) is 5.52 Å². The molecule has 1 aromatic carbocycles. The maximum absolute atomic E-state index is 12.6. The van der Waals surface area contributed by atoms with E-state index in [9.17, 15) is 4.79 Å². The summed E-state index contributed by atoms with van der Waals surface area (Å²) in [5.41, 5.74) is 11.7. The van der Waals surface area contributed by atoms with Crippen LogP contribution in [-0.4, -0.2) is 67.7 Å². The molecule has 1 amide bonds. The molecule has 3 aromatic rings. The Hall–Kier alpha value is -2.78. The van der Waals surface area contributed by atoms with Gasteiger partial charge in [-0.15, -0.1) is 0 Å². The summed E-state index contributed by atoms with van der Waals surface area (Å²) in [5.74, 6) is 1.35. The van der Waals surface area contributed by atoms with Crippen LogP contribution < -0.4 is 11.1 Å². The van der Waals surface area contributed by atoms with Crippen LogP contribution in [0.15, 0.2) is 30.5 Å². The predicted molar refractivity (Wildman–Crippen MR) is 164 cm³/mol. The molecule has 212 valence electrons. The van der Waals surface area contributed by atoms with Crippen molar-refractivity contribution < 1.29 is 4.79 Å². The molecule has 0 radical (unpaired) electrons. The van der Waals surface area contributed by atoms with Gasteiger partial charge in [0.15, 0.2) is 5.82 Å². The van der Waals surface area contributed by atoms with Crippen LogP contribution >= 0.6 is 12.6 Å². The van der Waals surface area contributed by atoms with Crippen molar-refractivity contribution in [3.63, 3.8) is 0 Å². The fourth-order valence-electron chi connectivity index (χ4n) is 5.16. The zero-order valence-electron chi connectivity index (χ0n) is 24.0. The molecule has 1 fully saturated rings. The number of amides is 1. The van der Waals surface area contributed by atoms with Crippen molar-refractivity contribution in [3.8, 4) is 0 Å². The number of thiol groups is 1. The minimum Gasteiger partial charge on any atom is -0.368 e. The topological polar surface area (TPSA) is 92.3 Å². The smallest absolute Gasteiger partial charge is 0.222 e. The number of carbonyl (C=O) groups is 1. The molecule has 0 aliphatic carbocycles. The number of benzene rings is 1. The number of rotatable bonds is 12. The Kier molecular flexibility index (Phi) is 9.77. The van der Waals surface area contributed by atoms with Crippen molar-refractivity contribution in [1.29, 1.82) is 0 Å². The van der Waals surface area contributed by atoms with Crippen LogP contribution in [0, 0.1) is 6.92 Å². The second-order valence-corrected chi connectivity index (χ2v) is 12.7. The zero-order valence-corrected chi connectivity index (χ0v) is 24.9. The van der Waals surface area contributed by atoms with Crippen molar-refractivity contribution in [1.82, 2.24) is 24.3 Å². The van der Waals surface area contributed by atoms with Crippen LogP contribution in [0.5, 0.6) is 0 Å². The van der Waals surface area contributed by atoms with Crippen molar-refractivity contribution in [3.05, 3.63) is 47.2 Å². The van der Waals surface area contributed by atoms with Crippen molar-refractivity contribution in [2.75, 3.05) is 43.8 Å². The lowest BCUT2D eigenvalue weighted by atomic mass is 10.0. The molecule has 0 saturated carbocycles. The molecule has 8 nitrogen and oxygen atoms in total. The van der Waals surface area contributed by atoms with Gasteiger partial charge >= 0.3 is 0 Å². The molecule has 0 atom stereocenters. The first-order valence-corrected chi connectivity index (χ1v) is 14.7. The number of nitrogens with zero attached hydrogens (tertiary/aromatic N) is 5. The Balaban J connectivity index is 1.36. The SMILES string of the molecule is CCCCCNc1nc(N)nc2ccn(Cc3ccc(CN4CCN(C(=O)CCC(C)(C)S)CC4)cc3C)c12. The van der Waals surface area contributed by atoms with Gasteiger partial charge in [-0.05, 0) is 42.5 Å². The third-order valence-corrected chi connectivity index (χ3v) is 7.75. The summed E-state index contributed by atoms with van der Waals surface area (Å²) in [7, 11) is 0. The van der Waals surface area contributed by atoms with E-state index in [2.05, 4.69) is 89.5 Å². The molecule has 0 bridgehead atoms. The quantitative estimate of drug-likeness (QED) is 0.214. The number of carbonyl (C=O) groups excluding carboxylic acids is 1.